The molecule has 0 heterocycles. The summed E-state index contributed by atoms with van der Waals surface area (Å²) < 4.78 is 0. The minimum Gasteiger partial charge on any atom is -0.355 e. The Labute approximate surface area is 112 Å². The molecule has 2 atom stereocenters. The summed E-state index contributed by atoms with van der Waals surface area (Å²) in [6.45, 7) is 7.17. The lowest BCUT2D eigenvalue weighted by molar-refractivity contribution is -0.123. The topological polar surface area (TPSA) is 41.1 Å². The van der Waals surface area contributed by atoms with E-state index in [0.29, 0.717) is 6.04 Å². The minimum absolute atomic E-state index is 0.0599. The zero-order chi connectivity index (χ0) is 13.4. The van der Waals surface area contributed by atoms with Crippen molar-refractivity contribution >= 4 is 5.91 Å². The van der Waals surface area contributed by atoms with Crippen molar-refractivity contribution in [1.29, 1.82) is 0 Å². The fourth-order valence-electron chi connectivity index (χ4n) is 2.28. The predicted octanol–water partition coefficient (Wildman–Crippen LogP) is 2.85. The first-order valence-corrected chi connectivity index (χ1v) is 7.71. The van der Waals surface area contributed by atoms with Crippen molar-refractivity contribution < 1.29 is 4.79 Å². The molecule has 2 unspecified atom stereocenters. The van der Waals surface area contributed by atoms with E-state index in [1.165, 1.54) is 32.1 Å². The highest BCUT2D eigenvalue weighted by Gasteiger charge is 2.26. The highest BCUT2D eigenvalue weighted by atomic mass is 16.2. The Morgan fingerprint density at radius 2 is 2.00 bits per heavy atom. The van der Waals surface area contributed by atoms with E-state index in [2.05, 4.69) is 24.5 Å². The van der Waals surface area contributed by atoms with Crippen LogP contribution in [0.15, 0.2) is 0 Å². The Bertz CT molecular complexity index is 239. The third kappa shape index (κ3) is 6.39. The van der Waals surface area contributed by atoms with Gasteiger partial charge in [0.2, 0.25) is 5.91 Å². The van der Waals surface area contributed by atoms with Crippen LogP contribution in [0.3, 0.4) is 0 Å². The highest BCUT2D eigenvalue weighted by Crippen LogP contribution is 2.34. The monoisotopic (exact) mass is 254 g/mol. The van der Waals surface area contributed by atoms with E-state index in [1.54, 1.807) is 0 Å². The summed E-state index contributed by atoms with van der Waals surface area (Å²) in [6.07, 6.45) is 8.61. The Hall–Kier alpha value is -0.570. The van der Waals surface area contributed by atoms with Crippen LogP contribution >= 0.6 is 0 Å². The van der Waals surface area contributed by atoms with Gasteiger partial charge in [-0.05, 0) is 32.1 Å². The molecule has 0 aromatic rings. The van der Waals surface area contributed by atoms with E-state index < -0.39 is 0 Å². The van der Waals surface area contributed by atoms with Crippen LogP contribution in [0, 0.1) is 5.92 Å². The second-order valence-electron chi connectivity index (χ2n) is 5.67. The Balaban J connectivity index is 2.15. The first-order chi connectivity index (χ1) is 8.67. The molecule has 1 fully saturated rings. The summed E-state index contributed by atoms with van der Waals surface area (Å²) in [5.41, 5.74) is 0. The standard InChI is InChI=1S/C15H30N2O/c1-4-6-7-10-16-15(18)12(3)17-14(5-2)11-13-8-9-13/h12-14,17H,4-11H2,1-3H3,(H,16,18). The zero-order valence-corrected chi connectivity index (χ0v) is 12.3. The summed E-state index contributed by atoms with van der Waals surface area (Å²) in [5, 5.41) is 6.48. The molecule has 0 aromatic carbocycles. The van der Waals surface area contributed by atoms with Crippen molar-refractivity contribution in [3.63, 3.8) is 0 Å². The van der Waals surface area contributed by atoms with E-state index in [4.69, 9.17) is 0 Å². The van der Waals surface area contributed by atoms with Gasteiger partial charge >= 0.3 is 0 Å². The first kappa shape index (κ1) is 15.5. The maximum atomic E-state index is 11.9. The van der Waals surface area contributed by atoms with Gasteiger partial charge in [-0.2, -0.15) is 0 Å². The van der Waals surface area contributed by atoms with Crippen LogP contribution in [0.5, 0.6) is 0 Å². The van der Waals surface area contributed by atoms with Crippen LogP contribution in [-0.4, -0.2) is 24.5 Å². The molecule has 0 spiro atoms. The molecule has 2 N–H and O–H groups in total. The molecule has 0 aromatic heterocycles. The Morgan fingerprint density at radius 1 is 1.28 bits per heavy atom. The molecule has 106 valence electrons. The molecule has 3 heteroatoms. The van der Waals surface area contributed by atoms with Gasteiger partial charge in [-0.3, -0.25) is 4.79 Å². The number of rotatable bonds is 10. The molecule has 0 aliphatic heterocycles. The number of carbonyl (C=O) groups is 1. The number of nitrogens with one attached hydrogen (secondary N) is 2. The third-order valence-corrected chi connectivity index (χ3v) is 3.77. The fourth-order valence-corrected chi connectivity index (χ4v) is 2.28. The van der Waals surface area contributed by atoms with Gasteiger partial charge in [-0.15, -0.1) is 0 Å². The van der Waals surface area contributed by atoms with Gasteiger partial charge in [-0.25, -0.2) is 0 Å². The van der Waals surface area contributed by atoms with Gasteiger partial charge in [0.15, 0.2) is 0 Å². The molecule has 0 saturated heterocycles. The average molecular weight is 254 g/mol. The van der Waals surface area contributed by atoms with Gasteiger partial charge in [-0.1, -0.05) is 39.5 Å². The molecule has 1 rings (SSSR count). The van der Waals surface area contributed by atoms with E-state index in [-0.39, 0.29) is 11.9 Å². The second kappa shape index (κ2) is 8.52. The minimum atomic E-state index is -0.0599. The largest absolute Gasteiger partial charge is 0.355 e. The third-order valence-electron chi connectivity index (χ3n) is 3.77. The molecular weight excluding hydrogens is 224 g/mol. The predicted molar refractivity (Wildman–Crippen MR) is 76.6 cm³/mol. The zero-order valence-electron chi connectivity index (χ0n) is 12.3. The van der Waals surface area contributed by atoms with Crippen molar-refractivity contribution in [2.45, 2.75) is 77.8 Å². The molecule has 0 bridgehead atoms. The van der Waals surface area contributed by atoms with Crippen LogP contribution in [0.4, 0.5) is 0 Å². The molecule has 1 aliphatic rings. The van der Waals surface area contributed by atoms with Crippen LogP contribution < -0.4 is 10.6 Å². The SMILES string of the molecule is CCCCCNC(=O)C(C)NC(CC)CC1CC1. The van der Waals surface area contributed by atoms with Crippen LogP contribution in [0.1, 0.15) is 65.7 Å². The normalized spacial score (nSPS) is 18.4. The average Bonchev–Trinajstić information content (AvgIpc) is 3.17. The smallest absolute Gasteiger partial charge is 0.236 e. The fraction of sp³-hybridized carbons (Fsp3) is 0.933. The van der Waals surface area contributed by atoms with E-state index in [1.807, 2.05) is 6.92 Å². The molecule has 1 saturated carbocycles. The first-order valence-electron chi connectivity index (χ1n) is 7.71. The molecular formula is C15H30N2O. The highest BCUT2D eigenvalue weighted by molar-refractivity contribution is 5.81. The van der Waals surface area contributed by atoms with E-state index >= 15 is 0 Å². The van der Waals surface area contributed by atoms with E-state index in [0.717, 1.165) is 25.3 Å². The number of unbranched alkanes of at least 4 members (excludes halogenated alkanes) is 2. The lowest BCUT2D eigenvalue weighted by Gasteiger charge is -2.21. The van der Waals surface area contributed by atoms with Crippen molar-refractivity contribution in [2.75, 3.05) is 6.54 Å². The Kier molecular flexibility index (Phi) is 7.33. The summed E-state index contributed by atoms with van der Waals surface area (Å²) in [5.74, 6) is 1.07. The number of hydrogen-bond donors (Lipinski definition) is 2. The van der Waals surface area contributed by atoms with Crippen LogP contribution in [0.2, 0.25) is 0 Å². The number of carbonyl (C=O) groups excluding carboxylic acids is 1. The number of amides is 1. The van der Waals surface area contributed by atoms with Gasteiger partial charge in [0.05, 0.1) is 6.04 Å². The lowest BCUT2D eigenvalue weighted by Crippen LogP contribution is -2.46. The lowest BCUT2D eigenvalue weighted by atomic mass is 10.1. The van der Waals surface area contributed by atoms with Crippen molar-refractivity contribution in [3.8, 4) is 0 Å². The summed E-state index contributed by atoms with van der Waals surface area (Å²) >= 11 is 0. The summed E-state index contributed by atoms with van der Waals surface area (Å²) in [4.78, 5) is 11.9. The maximum absolute atomic E-state index is 11.9. The van der Waals surface area contributed by atoms with Gasteiger partial charge in [0.25, 0.3) is 0 Å². The van der Waals surface area contributed by atoms with Crippen LogP contribution in [0.25, 0.3) is 0 Å². The quantitative estimate of drug-likeness (QED) is 0.589. The molecule has 18 heavy (non-hydrogen) atoms. The van der Waals surface area contributed by atoms with Gasteiger partial charge in [0, 0.05) is 12.6 Å². The van der Waals surface area contributed by atoms with Crippen molar-refractivity contribution in [3.05, 3.63) is 0 Å². The van der Waals surface area contributed by atoms with Crippen molar-refractivity contribution in [2.24, 2.45) is 5.92 Å². The van der Waals surface area contributed by atoms with Crippen molar-refractivity contribution in [1.82, 2.24) is 10.6 Å². The molecule has 0 radical (unpaired) electrons. The maximum Gasteiger partial charge on any atom is 0.236 e. The molecule has 1 amide bonds. The van der Waals surface area contributed by atoms with E-state index in [9.17, 15) is 4.79 Å². The van der Waals surface area contributed by atoms with Gasteiger partial charge in [0.1, 0.15) is 0 Å². The van der Waals surface area contributed by atoms with Crippen LogP contribution in [-0.2, 0) is 4.79 Å². The molecule has 1 aliphatic carbocycles. The Morgan fingerprint density at radius 3 is 2.56 bits per heavy atom. The summed E-state index contributed by atoms with van der Waals surface area (Å²) in [6, 6.07) is 0.448. The number of hydrogen-bond acceptors (Lipinski definition) is 2. The summed E-state index contributed by atoms with van der Waals surface area (Å²) in [7, 11) is 0. The molecule has 3 nitrogen and oxygen atoms in total. The van der Waals surface area contributed by atoms with Gasteiger partial charge < -0.3 is 10.6 Å². The second-order valence-corrected chi connectivity index (χ2v) is 5.67.